The molecule has 0 radical (unpaired) electrons. The minimum atomic E-state index is -1.17. The maximum atomic E-state index is 12.4. The van der Waals surface area contributed by atoms with Gasteiger partial charge in [-0.3, -0.25) is 14.9 Å². The first kappa shape index (κ1) is 22.5. The molecular formula is C24H22N2O6. The Morgan fingerprint density at radius 1 is 0.938 bits per heavy atom. The van der Waals surface area contributed by atoms with Crippen LogP contribution < -0.4 is 10.1 Å². The van der Waals surface area contributed by atoms with E-state index in [9.17, 15) is 24.8 Å². The number of hydrogen-bond donors (Lipinski definition) is 2. The van der Waals surface area contributed by atoms with Crippen LogP contribution in [0.3, 0.4) is 0 Å². The first-order valence-corrected chi connectivity index (χ1v) is 9.92. The summed E-state index contributed by atoms with van der Waals surface area (Å²) >= 11 is 0. The van der Waals surface area contributed by atoms with E-state index in [0.717, 1.165) is 5.56 Å². The number of carboxylic acids is 1. The van der Waals surface area contributed by atoms with Crippen molar-refractivity contribution in [3.63, 3.8) is 0 Å². The van der Waals surface area contributed by atoms with Gasteiger partial charge in [-0.2, -0.15) is 0 Å². The summed E-state index contributed by atoms with van der Waals surface area (Å²) in [6, 6.07) is 21.2. The minimum absolute atomic E-state index is 0.0680. The van der Waals surface area contributed by atoms with Crippen molar-refractivity contribution in [2.45, 2.75) is 25.5 Å². The molecule has 0 saturated heterocycles. The molecule has 2 N–H and O–H groups in total. The van der Waals surface area contributed by atoms with Gasteiger partial charge in [0.2, 0.25) is 5.91 Å². The largest absolute Gasteiger partial charge is 0.489 e. The van der Waals surface area contributed by atoms with Crippen LogP contribution in [0.4, 0.5) is 5.69 Å². The van der Waals surface area contributed by atoms with Gasteiger partial charge in [-0.05, 0) is 28.8 Å². The van der Waals surface area contributed by atoms with Gasteiger partial charge in [0.25, 0.3) is 5.69 Å². The van der Waals surface area contributed by atoms with Crippen molar-refractivity contribution < 1.29 is 24.4 Å². The van der Waals surface area contributed by atoms with E-state index in [1.54, 1.807) is 30.3 Å². The molecule has 1 amide bonds. The van der Waals surface area contributed by atoms with Crippen LogP contribution >= 0.6 is 0 Å². The number of rotatable bonds is 10. The van der Waals surface area contributed by atoms with Gasteiger partial charge in [-0.25, -0.2) is 4.79 Å². The van der Waals surface area contributed by atoms with E-state index < -0.39 is 22.8 Å². The van der Waals surface area contributed by atoms with E-state index in [4.69, 9.17) is 4.74 Å². The van der Waals surface area contributed by atoms with Crippen molar-refractivity contribution in [3.8, 4) is 5.75 Å². The van der Waals surface area contributed by atoms with Crippen LogP contribution in [-0.4, -0.2) is 27.9 Å². The van der Waals surface area contributed by atoms with Crippen molar-refractivity contribution in [2.24, 2.45) is 0 Å². The van der Waals surface area contributed by atoms with E-state index >= 15 is 0 Å². The van der Waals surface area contributed by atoms with Crippen LogP contribution in [0.1, 0.15) is 16.7 Å². The highest BCUT2D eigenvalue weighted by atomic mass is 16.6. The molecule has 0 fully saturated rings. The lowest BCUT2D eigenvalue weighted by Gasteiger charge is -2.15. The molecule has 0 heterocycles. The number of non-ortho nitro benzene ring substituents is 1. The number of amides is 1. The van der Waals surface area contributed by atoms with Gasteiger partial charge >= 0.3 is 5.97 Å². The normalized spacial score (nSPS) is 11.4. The zero-order valence-corrected chi connectivity index (χ0v) is 17.1. The molecule has 164 valence electrons. The second-order valence-electron chi connectivity index (χ2n) is 7.19. The molecule has 0 aliphatic rings. The van der Waals surface area contributed by atoms with Gasteiger partial charge in [-0.15, -0.1) is 0 Å². The Kier molecular flexibility index (Phi) is 7.53. The fourth-order valence-electron chi connectivity index (χ4n) is 3.15. The minimum Gasteiger partial charge on any atom is -0.489 e. The fraction of sp³-hybridized carbons (Fsp3) is 0.167. The Morgan fingerprint density at radius 3 is 2.34 bits per heavy atom. The molecule has 0 aliphatic carbocycles. The smallest absolute Gasteiger partial charge is 0.326 e. The zero-order valence-electron chi connectivity index (χ0n) is 17.1. The number of benzene rings is 3. The third-order valence-electron chi connectivity index (χ3n) is 4.71. The Morgan fingerprint density at radius 2 is 1.62 bits per heavy atom. The summed E-state index contributed by atoms with van der Waals surface area (Å²) in [7, 11) is 0. The molecule has 3 aromatic rings. The van der Waals surface area contributed by atoms with Crippen LogP contribution in [0, 0.1) is 10.1 Å². The lowest BCUT2D eigenvalue weighted by molar-refractivity contribution is -0.384. The zero-order chi connectivity index (χ0) is 22.9. The number of nitrogens with one attached hydrogen (secondary N) is 1. The molecule has 0 bridgehead atoms. The second kappa shape index (κ2) is 10.7. The predicted octanol–water partition coefficient (Wildman–Crippen LogP) is 3.53. The first-order valence-electron chi connectivity index (χ1n) is 9.92. The molecule has 8 nitrogen and oxygen atoms in total. The molecule has 0 aliphatic heterocycles. The summed E-state index contributed by atoms with van der Waals surface area (Å²) in [6.45, 7) is 0.382. The number of carbonyl (C=O) groups is 2. The number of nitro benzene ring substituents is 1. The summed E-state index contributed by atoms with van der Waals surface area (Å²) < 4.78 is 5.78. The molecule has 0 aromatic heterocycles. The topological polar surface area (TPSA) is 119 Å². The third kappa shape index (κ3) is 6.66. The molecule has 0 spiro atoms. The molecule has 0 saturated carbocycles. The van der Waals surface area contributed by atoms with Crippen LogP contribution in [0.25, 0.3) is 0 Å². The van der Waals surface area contributed by atoms with Crippen molar-refractivity contribution in [2.75, 3.05) is 0 Å². The van der Waals surface area contributed by atoms with Crippen molar-refractivity contribution in [3.05, 3.63) is 106 Å². The maximum Gasteiger partial charge on any atom is 0.326 e. The van der Waals surface area contributed by atoms with Gasteiger partial charge < -0.3 is 15.2 Å². The summed E-state index contributed by atoms with van der Waals surface area (Å²) in [5.41, 5.74) is 2.00. The van der Waals surface area contributed by atoms with E-state index in [1.165, 1.54) is 18.2 Å². The van der Waals surface area contributed by atoms with Gasteiger partial charge in [0.05, 0.1) is 11.3 Å². The Hall–Kier alpha value is -4.20. The predicted molar refractivity (Wildman–Crippen MR) is 117 cm³/mol. The Labute approximate surface area is 184 Å². The highest BCUT2D eigenvalue weighted by Crippen LogP contribution is 2.17. The van der Waals surface area contributed by atoms with Gasteiger partial charge in [0.1, 0.15) is 18.4 Å². The van der Waals surface area contributed by atoms with E-state index in [0.29, 0.717) is 23.5 Å². The van der Waals surface area contributed by atoms with E-state index in [1.807, 2.05) is 30.3 Å². The van der Waals surface area contributed by atoms with Gasteiger partial charge in [-0.1, -0.05) is 54.6 Å². The van der Waals surface area contributed by atoms with Crippen LogP contribution in [-0.2, 0) is 29.0 Å². The number of hydrogen-bond acceptors (Lipinski definition) is 5. The summed E-state index contributed by atoms with van der Waals surface area (Å²) in [6.07, 6.45) is -0.0930. The number of aliphatic carboxylic acids is 1. The average Bonchev–Trinajstić information content (AvgIpc) is 2.78. The summed E-state index contributed by atoms with van der Waals surface area (Å²) in [4.78, 5) is 34.4. The quantitative estimate of drug-likeness (QED) is 0.372. The molecule has 32 heavy (non-hydrogen) atoms. The van der Waals surface area contributed by atoms with Gasteiger partial charge in [0, 0.05) is 18.6 Å². The standard InChI is InChI=1S/C24H22N2O6/c27-23(15-18-8-4-10-20(12-18)26(30)31)25-22(24(28)29)14-19-9-5-11-21(13-19)32-16-17-6-2-1-3-7-17/h1-13,22H,14-16H2,(H,25,27)(H,28,29)/t22-/m1/s1. The number of nitro groups is 1. The van der Waals surface area contributed by atoms with Gasteiger partial charge in [0.15, 0.2) is 0 Å². The number of carbonyl (C=O) groups excluding carboxylic acids is 1. The average molecular weight is 434 g/mol. The number of ether oxygens (including phenoxy) is 1. The summed E-state index contributed by atoms with van der Waals surface area (Å²) in [5.74, 6) is -1.11. The number of nitrogens with zero attached hydrogens (tertiary/aromatic N) is 1. The first-order chi connectivity index (χ1) is 15.4. The monoisotopic (exact) mass is 434 g/mol. The maximum absolute atomic E-state index is 12.4. The number of carboxylic acid groups (broad SMARTS) is 1. The molecule has 8 heteroatoms. The summed E-state index contributed by atoms with van der Waals surface area (Å²) in [5, 5.41) is 22.9. The van der Waals surface area contributed by atoms with Crippen molar-refractivity contribution in [1.29, 1.82) is 0 Å². The van der Waals surface area contributed by atoms with Crippen LogP contribution in [0.5, 0.6) is 5.75 Å². The highest BCUT2D eigenvalue weighted by Gasteiger charge is 2.21. The van der Waals surface area contributed by atoms with Crippen LogP contribution in [0.15, 0.2) is 78.9 Å². The second-order valence-corrected chi connectivity index (χ2v) is 7.19. The van der Waals surface area contributed by atoms with E-state index in [2.05, 4.69) is 5.32 Å². The molecular weight excluding hydrogens is 412 g/mol. The van der Waals surface area contributed by atoms with Crippen molar-refractivity contribution in [1.82, 2.24) is 5.32 Å². The lowest BCUT2D eigenvalue weighted by atomic mass is 10.0. The fourth-order valence-corrected chi connectivity index (χ4v) is 3.15. The lowest BCUT2D eigenvalue weighted by Crippen LogP contribution is -2.43. The molecule has 3 aromatic carbocycles. The Bertz CT molecular complexity index is 1100. The molecule has 0 unspecified atom stereocenters. The Balaban J connectivity index is 1.61. The van der Waals surface area contributed by atoms with Crippen molar-refractivity contribution >= 4 is 17.6 Å². The third-order valence-corrected chi connectivity index (χ3v) is 4.71. The highest BCUT2D eigenvalue weighted by molar-refractivity contribution is 5.85. The SMILES string of the molecule is O=C(Cc1cccc([N+](=O)[O-])c1)N[C@H](Cc1cccc(OCc2ccccc2)c1)C(=O)O. The molecule has 3 rings (SSSR count). The molecule has 1 atom stereocenters. The van der Waals surface area contributed by atoms with Crippen LogP contribution in [0.2, 0.25) is 0 Å². The van der Waals surface area contributed by atoms with E-state index in [-0.39, 0.29) is 18.5 Å².